The molecule has 1 fully saturated rings. The van der Waals surface area contributed by atoms with Crippen LogP contribution in [0.1, 0.15) is 18.1 Å². The van der Waals surface area contributed by atoms with Crippen LogP contribution >= 0.6 is 24.8 Å². The van der Waals surface area contributed by atoms with Crippen molar-refractivity contribution in [3.8, 4) is 0 Å². The molecule has 0 amide bonds. The van der Waals surface area contributed by atoms with Crippen LogP contribution in [0.4, 0.5) is 5.82 Å². The Morgan fingerprint density at radius 2 is 2.06 bits per heavy atom. The van der Waals surface area contributed by atoms with E-state index in [1.165, 1.54) is 11.1 Å². The predicted molar refractivity (Wildman–Crippen MR) is 77.9 cm³/mol. The van der Waals surface area contributed by atoms with E-state index < -0.39 is 0 Å². The van der Waals surface area contributed by atoms with Gasteiger partial charge in [0.2, 0.25) is 0 Å². The molecule has 0 unspecified atom stereocenters. The summed E-state index contributed by atoms with van der Waals surface area (Å²) in [5.41, 5.74) is 2.52. The number of rotatable bonds is 1. The molecule has 98 valence electrons. The van der Waals surface area contributed by atoms with Crippen LogP contribution in [-0.2, 0) is 0 Å². The molecule has 5 heteroatoms. The number of anilines is 1. The molecule has 1 aliphatic heterocycles. The second-order valence-corrected chi connectivity index (χ2v) is 4.40. The van der Waals surface area contributed by atoms with Crippen LogP contribution in [0.3, 0.4) is 0 Å². The molecule has 0 bridgehead atoms. The average Bonchev–Trinajstić information content (AvgIpc) is 2.20. The maximum absolute atomic E-state index is 4.55. The molecule has 0 spiro atoms. The highest BCUT2D eigenvalue weighted by molar-refractivity contribution is 5.85. The number of hydrogen-bond donors (Lipinski definition) is 1. The van der Waals surface area contributed by atoms with Crippen molar-refractivity contribution >= 4 is 30.6 Å². The molecule has 1 aliphatic rings. The number of piperazine rings is 1. The molecule has 1 N–H and O–H groups in total. The minimum absolute atomic E-state index is 0. The largest absolute Gasteiger partial charge is 0.351 e. The van der Waals surface area contributed by atoms with E-state index in [2.05, 4.69) is 42.0 Å². The van der Waals surface area contributed by atoms with Crippen LogP contribution in [0.2, 0.25) is 0 Å². The van der Waals surface area contributed by atoms with E-state index in [0.717, 1.165) is 25.5 Å². The number of aromatic nitrogens is 1. The number of pyridine rings is 1. The first kappa shape index (κ1) is 16.5. The van der Waals surface area contributed by atoms with E-state index in [1.807, 2.05) is 6.20 Å². The van der Waals surface area contributed by atoms with Gasteiger partial charge in [-0.15, -0.1) is 24.8 Å². The van der Waals surface area contributed by atoms with Gasteiger partial charge in [-0.1, -0.05) is 6.07 Å². The number of hydrogen-bond acceptors (Lipinski definition) is 3. The molecule has 1 aromatic heterocycles. The van der Waals surface area contributed by atoms with Gasteiger partial charge < -0.3 is 10.2 Å². The van der Waals surface area contributed by atoms with Gasteiger partial charge in [-0.3, -0.25) is 0 Å². The fourth-order valence-electron chi connectivity index (χ4n) is 2.16. The first-order valence-corrected chi connectivity index (χ1v) is 5.59. The molecule has 1 aromatic rings. The predicted octanol–water partition coefficient (Wildman–Crippen LogP) is 2.34. The van der Waals surface area contributed by atoms with Crippen LogP contribution in [0, 0.1) is 13.8 Å². The lowest BCUT2D eigenvalue weighted by atomic mass is 10.1. The van der Waals surface area contributed by atoms with Crippen molar-refractivity contribution in [2.75, 3.05) is 24.5 Å². The van der Waals surface area contributed by atoms with Gasteiger partial charge in [0, 0.05) is 31.9 Å². The van der Waals surface area contributed by atoms with Crippen molar-refractivity contribution in [1.82, 2.24) is 10.3 Å². The van der Waals surface area contributed by atoms with Crippen molar-refractivity contribution in [2.45, 2.75) is 26.8 Å². The molecule has 0 saturated carbocycles. The summed E-state index contributed by atoms with van der Waals surface area (Å²) in [7, 11) is 0. The fourth-order valence-corrected chi connectivity index (χ4v) is 2.16. The topological polar surface area (TPSA) is 28.2 Å². The molecule has 17 heavy (non-hydrogen) atoms. The monoisotopic (exact) mass is 277 g/mol. The second kappa shape index (κ2) is 7.04. The number of halogens is 2. The lowest BCUT2D eigenvalue weighted by Gasteiger charge is -2.35. The summed E-state index contributed by atoms with van der Waals surface area (Å²) >= 11 is 0. The summed E-state index contributed by atoms with van der Waals surface area (Å²) in [5.74, 6) is 1.15. The molecular formula is C12H21Cl2N3. The van der Waals surface area contributed by atoms with Crippen LogP contribution in [0.5, 0.6) is 0 Å². The minimum Gasteiger partial charge on any atom is -0.351 e. The van der Waals surface area contributed by atoms with E-state index in [9.17, 15) is 0 Å². The number of aryl methyl sites for hydroxylation is 2. The molecular weight excluding hydrogens is 257 g/mol. The smallest absolute Gasteiger partial charge is 0.131 e. The van der Waals surface area contributed by atoms with Crippen LogP contribution in [-0.4, -0.2) is 30.7 Å². The number of nitrogens with zero attached hydrogens (tertiary/aromatic N) is 2. The first-order chi connectivity index (χ1) is 7.18. The van der Waals surface area contributed by atoms with Gasteiger partial charge in [-0.2, -0.15) is 0 Å². The Hall–Kier alpha value is -0.510. The van der Waals surface area contributed by atoms with Crippen molar-refractivity contribution in [1.29, 1.82) is 0 Å². The Morgan fingerprint density at radius 1 is 1.35 bits per heavy atom. The third-order valence-corrected chi connectivity index (χ3v) is 2.96. The molecule has 0 radical (unpaired) electrons. The standard InChI is InChI=1S/C12H19N3.2ClH/c1-9-6-10(2)12(14-7-9)15-5-4-13-8-11(15)3;;/h6-7,11,13H,4-5,8H2,1-3H3;2*1H/t11-;;/m0../s1. The summed E-state index contributed by atoms with van der Waals surface area (Å²) < 4.78 is 0. The third kappa shape index (κ3) is 3.73. The third-order valence-electron chi connectivity index (χ3n) is 2.96. The van der Waals surface area contributed by atoms with Crippen molar-refractivity contribution in [3.63, 3.8) is 0 Å². The average molecular weight is 278 g/mol. The zero-order chi connectivity index (χ0) is 10.8. The summed E-state index contributed by atoms with van der Waals surface area (Å²) in [4.78, 5) is 6.94. The zero-order valence-electron chi connectivity index (χ0n) is 10.6. The van der Waals surface area contributed by atoms with E-state index in [-0.39, 0.29) is 24.8 Å². The highest BCUT2D eigenvalue weighted by atomic mass is 35.5. The second-order valence-electron chi connectivity index (χ2n) is 4.40. The Balaban J connectivity index is 0.00000128. The molecule has 0 aromatic carbocycles. The van der Waals surface area contributed by atoms with Gasteiger partial charge >= 0.3 is 0 Å². The highest BCUT2D eigenvalue weighted by Crippen LogP contribution is 2.20. The summed E-state index contributed by atoms with van der Waals surface area (Å²) in [6, 6.07) is 2.74. The quantitative estimate of drug-likeness (QED) is 0.854. The Morgan fingerprint density at radius 3 is 2.65 bits per heavy atom. The Kier molecular flexibility index (Phi) is 6.83. The lowest BCUT2D eigenvalue weighted by molar-refractivity contribution is 0.496. The minimum atomic E-state index is 0. The van der Waals surface area contributed by atoms with Crippen LogP contribution in [0.15, 0.2) is 12.3 Å². The fraction of sp³-hybridized carbons (Fsp3) is 0.583. The lowest BCUT2D eigenvalue weighted by Crippen LogP contribution is -2.50. The normalized spacial score (nSPS) is 19.2. The van der Waals surface area contributed by atoms with Crippen molar-refractivity contribution in [2.24, 2.45) is 0 Å². The van der Waals surface area contributed by atoms with Crippen LogP contribution < -0.4 is 10.2 Å². The van der Waals surface area contributed by atoms with E-state index in [0.29, 0.717) is 6.04 Å². The molecule has 2 heterocycles. The van der Waals surface area contributed by atoms with Gasteiger partial charge in [0.1, 0.15) is 5.82 Å². The Bertz CT molecular complexity index is 358. The molecule has 2 rings (SSSR count). The van der Waals surface area contributed by atoms with Gasteiger partial charge in [0.15, 0.2) is 0 Å². The maximum Gasteiger partial charge on any atom is 0.131 e. The van der Waals surface area contributed by atoms with Gasteiger partial charge in [0.25, 0.3) is 0 Å². The molecule has 0 aliphatic carbocycles. The Labute approximate surface area is 116 Å². The van der Waals surface area contributed by atoms with Gasteiger partial charge in [-0.25, -0.2) is 4.98 Å². The molecule has 1 saturated heterocycles. The van der Waals surface area contributed by atoms with E-state index in [4.69, 9.17) is 0 Å². The zero-order valence-corrected chi connectivity index (χ0v) is 12.2. The van der Waals surface area contributed by atoms with E-state index in [1.54, 1.807) is 0 Å². The SMILES string of the molecule is Cc1cnc(N2CCNC[C@@H]2C)c(C)c1.Cl.Cl. The summed E-state index contributed by atoms with van der Waals surface area (Å²) in [5, 5.41) is 3.40. The summed E-state index contributed by atoms with van der Waals surface area (Å²) in [6.07, 6.45) is 1.96. The number of nitrogens with one attached hydrogen (secondary N) is 1. The molecule has 1 atom stereocenters. The van der Waals surface area contributed by atoms with Crippen molar-refractivity contribution < 1.29 is 0 Å². The maximum atomic E-state index is 4.55. The van der Waals surface area contributed by atoms with Crippen LogP contribution in [0.25, 0.3) is 0 Å². The van der Waals surface area contributed by atoms with Crippen molar-refractivity contribution in [3.05, 3.63) is 23.4 Å². The van der Waals surface area contributed by atoms with Gasteiger partial charge in [-0.05, 0) is 31.9 Å². The molecule has 3 nitrogen and oxygen atoms in total. The van der Waals surface area contributed by atoms with Gasteiger partial charge in [0.05, 0.1) is 0 Å². The first-order valence-electron chi connectivity index (χ1n) is 5.59. The summed E-state index contributed by atoms with van der Waals surface area (Å²) in [6.45, 7) is 9.63. The highest BCUT2D eigenvalue weighted by Gasteiger charge is 2.20. The van der Waals surface area contributed by atoms with E-state index >= 15 is 0 Å².